The third-order valence-corrected chi connectivity index (χ3v) is 3.67. The number of nitrogens with one attached hydrogen (secondary N) is 2. The maximum Gasteiger partial charge on any atom is 0.287 e. The molecule has 3 aromatic rings. The summed E-state index contributed by atoms with van der Waals surface area (Å²) in [6.07, 6.45) is 4.33. The van der Waals surface area contributed by atoms with Gasteiger partial charge >= 0.3 is 0 Å². The first-order valence-electron chi connectivity index (χ1n) is 7.04. The molecule has 0 bridgehead atoms. The van der Waals surface area contributed by atoms with Crippen molar-refractivity contribution in [3.8, 4) is 0 Å². The Morgan fingerprint density at radius 1 is 1.29 bits per heavy atom. The van der Waals surface area contributed by atoms with Gasteiger partial charge in [-0.2, -0.15) is 0 Å². The van der Waals surface area contributed by atoms with E-state index in [2.05, 4.69) is 35.4 Å². The Kier molecular flexibility index (Phi) is 3.52. The van der Waals surface area contributed by atoms with Crippen molar-refractivity contribution in [3.63, 3.8) is 0 Å². The maximum absolute atomic E-state index is 12.0. The van der Waals surface area contributed by atoms with Crippen LogP contribution in [0.5, 0.6) is 0 Å². The summed E-state index contributed by atoms with van der Waals surface area (Å²) in [6, 6.07) is 8.14. The zero-order valence-corrected chi connectivity index (χ0v) is 12.2. The summed E-state index contributed by atoms with van der Waals surface area (Å²) >= 11 is 0. The summed E-state index contributed by atoms with van der Waals surface area (Å²) < 4.78 is 5.18. The molecule has 1 amide bonds. The van der Waals surface area contributed by atoms with Crippen molar-refractivity contribution in [2.24, 2.45) is 0 Å². The molecule has 0 unspecified atom stereocenters. The number of rotatable bonds is 4. The molecule has 108 valence electrons. The number of aromatic nitrogens is 1. The molecule has 0 aliphatic rings. The third-order valence-electron chi connectivity index (χ3n) is 3.67. The molecule has 0 saturated carbocycles. The molecule has 2 heterocycles. The SMILES string of the molecule is Cc1ccc2c(CCNC(=O)c3occc3C)c[nH]c2c1. The molecule has 2 N–H and O–H groups in total. The molecule has 1 aromatic carbocycles. The first-order chi connectivity index (χ1) is 10.1. The molecule has 0 fully saturated rings. The highest BCUT2D eigenvalue weighted by Crippen LogP contribution is 2.19. The predicted octanol–water partition coefficient (Wildman–Crippen LogP) is 3.35. The normalized spacial score (nSPS) is 11.0. The highest BCUT2D eigenvalue weighted by Gasteiger charge is 2.12. The molecule has 4 nitrogen and oxygen atoms in total. The highest BCUT2D eigenvalue weighted by molar-refractivity contribution is 5.92. The van der Waals surface area contributed by atoms with E-state index < -0.39 is 0 Å². The number of carbonyl (C=O) groups is 1. The van der Waals surface area contributed by atoms with Gasteiger partial charge in [-0.1, -0.05) is 12.1 Å². The van der Waals surface area contributed by atoms with Gasteiger partial charge in [0, 0.05) is 29.2 Å². The first-order valence-corrected chi connectivity index (χ1v) is 7.04. The molecule has 0 spiro atoms. The highest BCUT2D eigenvalue weighted by atomic mass is 16.3. The van der Waals surface area contributed by atoms with Crippen LogP contribution < -0.4 is 5.32 Å². The van der Waals surface area contributed by atoms with Gasteiger partial charge in [0.2, 0.25) is 0 Å². The van der Waals surface area contributed by atoms with Crippen LogP contribution in [0.1, 0.15) is 27.2 Å². The zero-order valence-electron chi connectivity index (χ0n) is 12.2. The largest absolute Gasteiger partial charge is 0.459 e. The van der Waals surface area contributed by atoms with Crippen LogP contribution in [0, 0.1) is 13.8 Å². The van der Waals surface area contributed by atoms with Crippen LogP contribution in [0.15, 0.2) is 41.1 Å². The Morgan fingerprint density at radius 2 is 2.14 bits per heavy atom. The van der Waals surface area contributed by atoms with Gasteiger partial charge in [-0.3, -0.25) is 4.79 Å². The smallest absolute Gasteiger partial charge is 0.287 e. The van der Waals surface area contributed by atoms with Crippen LogP contribution in [-0.2, 0) is 6.42 Å². The van der Waals surface area contributed by atoms with Crippen molar-refractivity contribution in [1.29, 1.82) is 0 Å². The van der Waals surface area contributed by atoms with Crippen LogP contribution in [0.2, 0.25) is 0 Å². The Morgan fingerprint density at radius 3 is 2.90 bits per heavy atom. The molecule has 0 aliphatic heterocycles. The number of hydrogen-bond acceptors (Lipinski definition) is 2. The monoisotopic (exact) mass is 282 g/mol. The van der Waals surface area contributed by atoms with Crippen molar-refractivity contribution >= 4 is 16.8 Å². The summed E-state index contributed by atoms with van der Waals surface area (Å²) in [5, 5.41) is 4.11. The lowest BCUT2D eigenvalue weighted by atomic mass is 10.1. The molecule has 0 atom stereocenters. The number of fused-ring (bicyclic) bond motifs is 1. The number of H-pyrrole nitrogens is 1. The third kappa shape index (κ3) is 2.70. The Balaban J connectivity index is 1.65. The minimum atomic E-state index is -0.159. The number of benzene rings is 1. The van der Waals surface area contributed by atoms with E-state index in [1.807, 2.05) is 13.1 Å². The van der Waals surface area contributed by atoms with E-state index in [4.69, 9.17) is 4.42 Å². The fraction of sp³-hybridized carbons (Fsp3) is 0.235. The van der Waals surface area contributed by atoms with Gasteiger partial charge in [-0.15, -0.1) is 0 Å². The van der Waals surface area contributed by atoms with E-state index in [-0.39, 0.29) is 5.91 Å². The number of aryl methyl sites for hydroxylation is 2. The number of carbonyl (C=O) groups excluding carboxylic acids is 1. The molecule has 21 heavy (non-hydrogen) atoms. The minimum Gasteiger partial charge on any atom is -0.459 e. The quantitative estimate of drug-likeness (QED) is 0.771. The van der Waals surface area contributed by atoms with E-state index >= 15 is 0 Å². The summed E-state index contributed by atoms with van der Waals surface area (Å²) in [4.78, 5) is 15.2. The maximum atomic E-state index is 12.0. The van der Waals surface area contributed by atoms with Crippen LogP contribution >= 0.6 is 0 Å². The number of furan rings is 1. The second-order valence-corrected chi connectivity index (χ2v) is 5.30. The van der Waals surface area contributed by atoms with E-state index in [9.17, 15) is 4.79 Å². The Bertz CT molecular complexity index is 783. The standard InChI is InChI=1S/C17H18N2O2/c1-11-3-4-14-13(10-19-15(14)9-11)5-7-18-17(20)16-12(2)6-8-21-16/h3-4,6,8-10,19H,5,7H2,1-2H3,(H,18,20). The van der Waals surface area contributed by atoms with Crippen LogP contribution in [0.4, 0.5) is 0 Å². The van der Waals surface area contributed by atoms with Crippen molar-refractivity contribution in [1.82, 2.24) is 10.3 Å². The average Bonchev–Trinajstić information content (AvgIpc) is 3.05. The van der Waals surface area contributed by atoms with Gasteiger partial charge in [0.1, 0.15) is 0 Å². The van der Waals surface area contributed by atoms with Gasteiger partial charge in [0.15, 0.2) is 5.76 Å². The summed E-state index contributed by atoms with van der Waals surface area (Å²) in [6.45, 7) is 4.52. The second kappa shape index (κ2) is 5.48. The lowest BCUT2D eigenvalue weighted by molar-refractivity contribution is 0.0925. The number of hydrogen-bond donors (Lipinski definition) is 2. The van der Waals surface area contributed by atoms with Gasteiger partial charge in [0.25, 0.3) is 5.91 Å². The molecule has 0 radical (unpaired) electrons. The summed E-state index contributed by atoms with van der Waals surface area (Å²) in [7, 11) is 0. The van der Waals surface area contributed by atoms with Crippen molar-refractivity contribution in [2.45, 2.75) is 20.3 Å². The number of amides is 1. The lowest BCUT2D eigenvalue weighted by Crippen LogP contribution is -2.25. The molecule has 3 rings (SSSR count). The summed E-state index contributed by atoms with van der Waals surface area (Å²) in [5.41, 5.74) is 4.44. The van der Waals surface area contributed by atoms with E-state index in [1.54, 1.807) is 6.07 Å². The average molecular weight is 282 g/mol. The fourth-order valence-corrected chi connectivity index (χ4v) is 2.50. The van der Waals surface area contributed by atoms with Gasteiger partial charge in [-0.25, -0.2) is 0 Å². The molecular formula is C17H18N2O2. The van der Waals surface area contributed by atoms with Crippen molar-refractivity contribution < 1.29 is 9.21 Å². The van der Waals surface area contributed by atoms with Crippen LogP contribution in [-0.4, -0.2) is 17.4 Å². The zero-order chi connectivity index (χ0) is 14.8. The van der Waals surface area contributed by atoms with Crippen LogP contribution in [0.25, 0.3) is 10.9 Å². The van der Waals surface area contributed by atoms with Crippen molar-refractivity contribution in [2.75, 3.05) is 6.54 Å². The fourth-order valence-electron chi connectivity index (χ4n) is 2.50. The Labute approximate surface area is 123 Å². The molecule has 0 aliphatic carbocycles. The van der Waals surface area contributed by atoms with Crippen LogP contribution in [0.3, 0.4) is 0 Å². The molecule has 4 heteroatoms. The Hall–Kier alpha value is -2.49. The number of aromatic amines is 1. The molecule has 0 saturated heterocycles. The van der Waals surface area contributed by atoms with Gasteiger partial charge in [0.05, 0.1) is 6.26 Å². The predicted molar refractivity (Wildman–Crippen MR) is 82.5 cm³/mol. The van der Waals surface area contributed by atoms with Gasteiger partial charge in [-0.05, 0) is 43.5 Å². The first kappa shape index (κ1) is 13.5. The van der Waals surface area contributed by atoms with Crippen molar-refractivity contribution in [3.05, 3.63) is 59.2 Å². The molecule has 2 aromatic heterocycles. The summed E-state index contributed by atoms with van der Waals surface area (Å²) in [5.74, 6) is 0.234. The second-order valence-electron chi connectivity index (χ2n) is 5.30. The van der Waals surface area contributed by atoms with E-state index in [0.717, 1.165) is 17.5 Å². The van der Waals surface area contributed by atoms with E-state index in [1.165, 1.54) is 22.8 Å². The lowest BCUT2D eigenvalue weighted by Gasteiger charge is -2.03. The van der Waals surface area contributed by atoms with Gasteiger partial charge < -0.3 is 14.7 Å². The van der Waals surface area contributed by atoms with E-state index in [0.29, 0.717) is 12.3 Å². The topological polar surface area (TPSA) is 58.0 Å². The minimum absolute atomic E-state index is 0.159. The molecular weight excluding hydrogens is 264 g/mol.